The van der Waals surface area contributed by atoms with Crippen LogP contribution in [-0.4, -0.2) is 30.0 Å². The van der Waals surface area contributed by atoms with Crippen molar-refractivity contribution in [1.29, 1.82) is 0 Å². The minimum absolute atomic E-state index is 0.0694. The van der Waals surface area contributed by atoms with Crippen molar-refractivity contribution in [2.24, 2.45) is 0 Å². The van der Waals surface area contributed by atoms with Crippen molar-refractivity contribution in [2.45, 2.75) is 0 Å². The minimum Gasteiger partial charge on any atom is -0.340 e. The van der Waals surface area contributed by atoms with Gasteiger partial charge in [-0.15, -0.1) is 0 Å². The third kappa shape index (κ3) is 2.91. The van der Waals surface area contributed by atoms with Crippen LogP contribution >= 0.6 is 11.8 Å². The molecule has 1 radical (unpaired) electrons. The second-order valence-corrected chi connectivity index (χ2v) is 2.55. The maximum absolute atomic E-state index is 10.6. The monoisotopic (exact) mass is 132 g/mol. The Bertz CT molecular complexity index is 82.5. The molecule has 0 aliphatic carbocycles. The summed E-state index contributed by atoms with van der Waals surface area (Å²) in [5, 5.41) is 0.0694. The molecule has 0 saturated carbocycles. The zero-order valence-corrected chi connectivity index (χ0v) is 5.99. The molecule has 0 heterocycles. The third-order valence-electron chi connectivity index (χ3n) is 0.591. The van der Waals surface area contributed by atoms with E-state index in [0.29, 0.717) is 5.75 Å². The molecule has 0 bridgehead atoms. The lowest BCUT2D eigenvalue weighted by atomic mass is 11.0. The van der Waals surface area contributed by atoms with Crippen molar-refractivity contribution in [2.75, 3.05) is 19.8 Å². The van der Waals surface area contributed by atoms with E-state index in [2.05, 4.69) is 6.92 Å². The topological polar surface area (TPSA) is 20.3 Å². The number of carbonyl (C=O) groups excluding carboxylic acids is 1. The number of rotatable bonds is 1. The van der Waals surface area contributed by atoms with Gasteiger partial charge >= 0.3 is 0 Å². The predicted octanol–water partition coefficient (Wildman–Crippen LogP) is 1.24. The fourth-order valence-corrected chi connectivity index (χ4v) is 0.649. The Morgan fingerprint density at radius 1 is 1.75 bits per heavy atom. The van der Waals surface area contributed by atoms with Gasteiger partial charge in [0.05, 0.1) is 0 Å². The summed E-state index contributed by atoms with van der Waals surface area (Å²) in [4.78, 5) is 12.1. The van der Waals surface area contributed by atoms with E-state index in [1.165, 1.54) is 16.7 Å². The molecule has 8 heavy (non-hydrogen) atoms. The lowest BCUT2D eigenvalue weighted by Crippen LogP contribution is -2.16. The fraction of sp³-hybridized carbons (Fsp3) is 0.600. The smallest absolute Gasteiger partial charge is 0.281 e. The first-order valence-electron chi connectivity index (χ1n) is 2.31. The normalized spacial score (nSPS) is 8.88. The average molecular weight is 132 g/mol. The summed E-state index contributed by atoms with van der Waals surface area (Å²) < 4.78 is 0. The highest BCUT2D eigenvalue weighted by Gasteiger charge is 1.99. The van der Waals surface area contributed by atoms with Gasteiger partial charge in [0.15, 0.2) is 0 Å². The summed E-state index contributed by atoms with van der Waals surface area (Å²) in [6, 6.07) is 0. The van der Waals surface area contributed by atoms with Crippen molar-refractivity contribution in [3.63, 3.8) is 0 Å². The first-order valence-corrected chi connectivity index (χ1v) is 3.30. The molecular weight excluding hydrogens is 122 g/mol. The second-order valence-electron chi connectivity index (χ2n) is 1.51. The average Bonchev–Trinajstić information content (AvgIpc) is 1.67. The third-order valence-corrected chi connectivity index (χ3v) is 1.41. The van der Waals surface area contributed by atoms with Gasteiger partial charge in [-0.2, -0.15) is 0 Å². The molecule has 0 aromatic carbocycles. The summed E-state index contributed by atoms with van der Waals surface area (Å²) in [6.07, 6.45) is 0. The van der Waals surface area contributed by atoms with Crippen LogP contribution in [0.5, 0.6) is 0 Å². The number of carbonyl (C=O) groups is 1. The molecule has 0 rings (SSSR count). The van der Waals surface area contributed by atoms with Gasteiger partial charge in [-0.1, -0.05) is 11.8 Å². The first kappa shape index (κ1) is 7.82. The highest BCUT2D eigenvalue weighted by Crippen LogP contribution is 2.02. The van der Waals surface area contributed by atoms with Crippen LogP contribution < -0.4 is 0 Å². The van der Waals surface area contributed by atoms with E-state index in [9.17, 15) is 4.79 Å². The molecule has 0 spiro atoms. The van der Waals surface area contributed by atoms with Crippen LogP contribution in [0.15, 0.2) is 0 Å². The van der Waals surface area contributed by atoms with Crippen LogP contribution in [0.1, 0.15) is 0 Å². The number of hydrogen-bond acceptors (Lipinski definition) is 2. The van der Waals surface area contributed by atoms with Crippen molar-refractivity contribution < 1.29 is 4.79 Å². The van der Waals surface area contributed by atoms with E-state index in [1.54, 1.807) is 14.1 Å². The van der Waals surface area contributed by atoms with Gasteiger partial charge in [0.1, 0.15) is 0 Å². The standard InChI is InChI=1S/C5H10NOS/c1-4-8-5(7)6(2)3/h1,4H2,2-3H3. The lowest BCUT2D eigenvalue weighted by Gasteiger charge is -2.06. The van der Waals surface area contributed by atoms with Crippen LogP contribution in [0.2, 0.25) is 0 Å². The van der Waals surface area contributed by atoms with Gasteiger partial charge in [-0.05, 0) is 6.92 Å². The molecule has 3 heteroatoms. The van der Waals surface area contributed by atoms with Crippen LogP contribution in [0.3, 0.4) is 0 Å². The van der Waals surface area contributed by atoms with E-state index in [0.717, 1.165) is 0 Å². The number of thioether (sulfide) groups is 1. The molecule has 0 saturated heterocycles. The molecule has 0 unspecified atom stereocenters. The predicted molar refractivity (Wildman–Crippen MR) is 36.9 cm³/mol. The Morgan fingerprint density at radius 3 is 2.38 bits per heavy atom. The van der Waals surface area contributed by atoms with E-state index in [4.69, 9.17) is 0 Å². The molecule has 0 atom stereocenters. The van der Waals surface area contributed by atoms with Crippen molar-refractivity contribution in [3.05, 3.63) is 6.92 Å². The van der Waals surface area contributed by atoms with E-state index in [-0.39, 0.29) is 5.24 Å². The zero-order valence-electron chi connectivity index (χ0n) is 5.18. The van der Waals surface area contributed by atoms with Gasteiger partial charge in [0.2, 0.25) is 0 Å². The molecule has 1 amide bonds. The SMILES string of the molecule is [CH2]CSC(=O)N(C)C. The minimum atomic E-state index is 0.0694. The summed E-state index contributed by atoms with van der Waals surface area (Å²) in [7, 11) is 3.45. The van der Waals surface area contributed by atoms with Gasteiger partial charge in [-0.25, -0.2) is 0 Å². The van der Waals surface area contributed by atoms with Crippen molar-refractivity contribution >= 4 is 17.0 Å². The largest absolute Gasteiger partial charge is 0.340 e. The zero-order chi connectivity index (χ0) is 6.57. The van der Waals surface area contributed by atoms with Gasteiger partial charge in [-0.3, -0.25) is 4.79 Å². The highest BCUT2D eigenvalue weighted by atomic mass is 32.2. The Morgan fingerprint density at radius 2 is 2.25 bits per heavy atom. The maximum atomic E-state index is 10.6. The van der Waals surface area contributed by atoms with Crippen LogP contribution in [0.4, 0.5) is 4.79 Å². The summed E-state index contributed by atoms with van der Waals surface area (Å²) in [5.74, 6) is 0.608. The van der Waals surface area contributed by atoms with Crippen molar-refractivity contribution in [1.82, 2.24) is 4.90 Å². The molecular formula is C5H10NOS. The lowest BCUT2D eigenvalue weighted by molar-refractivity contribution is 0.241. The fourth-order valence-electron chi connectivity index (χ4n) is 0.216. The molecule has 0 aliphatic heterocycles. The van der Waals surface area contributed by atoms with E-state index < -0.39 is 0 Å². The van der Waals surface area contributed by atoms with E-state index in [1.807, 2.05) is 0 Å². The Labute approximate surface area is 54.2 Å². The van der Waals surface area contributed by atoms with Gasteiger partial charge in [0.25, 0.3) is 5.24 Å². The Hall–Kier alpha value is -0.180. The molecule has 0 N–H and O–H groups in total. The quantitative estimate of drug-likeness (QED) is 0.535. The molecule has 0 aromatic heterocycles. The molecule has 0 aromatic rings. The van der Waals surface area contributed by atoms with Crippen LogP contribution in [0.25, 0.3) is 0 Å². The number of hydrogen-bond donors (Lipinski definition) is 0. The molecule has 2 nitrogen and oxygen atoms in total. The van der Waals surface area contributed by atoms with E-state index >= 15 is 0 Å². The summed E-state index contributed by atoms with van der Waals surface area (Å²) in [5.41, 5.74) is 0. The van der Waals surface area contributed by atoms with Crippen LogP contribution in [0, 0.1) is 6.92 Å². The Kier molecular flexibility index (Phi) is 3.69. The molecule has 0 aliphatic rings. The Balaban J connectivity index is 3.33. The van der Waals surface area contributed by atoms with Crippen LogP contribution in [-0.2, 0) is 0 Å². The maximum Gasteiger partial charge on any atom is 0.281 e. The molecule has 0 fully saturated rings. The highest BCUT2D eigenvalue weighted by molar-refractivity contribution is 8.13. The van der Waals surface area contributed by atoms with Crippen molar-refractivity contribution in [3.8, 4) is 0 Å². The molecule has 47 valence electrons. The summed E-state index contributed by atoms with van der Waals surface area (Å²) in [6.45, 7) is 3.52. The van der Waals surface area contributed by atoms with Gasteiger partial charge < -0.3 is 4.90 Å². The second kappa shape index (κ2) is 3.78. The van der Waals surface area contributed by atoms with Gasteiger partial charge in [0, 0.05) is 19.8 Å². The summed E-state index contributed by atoms with van der Waals surface area (Å²) >= 11 is 1.22. The number of amides is 1. The number of nitrogens with zero attached hydrogens (tertiary/aromatic N) is 1. The first-order chi connectivity index (χ1) is 3.68.